The van der Waals surface area contributed by atoms with Gasteiger partial charge < -0.3 is 14.3 Å². The first-order valence-corrected chi connectivity index (χ1v) is 10.9. The number of fused-ring (bicyclic) bond motifs is 2. The van der Waals surface area contributed by atoms with Crippen molar-refractivity contribution in [1.82, 2.24) is 0 Å². The normalized spacial score (nSPS) is 12.9. The largest absolute Gasteiger partial charge is 0.492 e. The molecule has 0 atom stereocenters. The van der Waals surface area contributed by atoms with E-state index in [1.807, 2.05) is 31.2 Å². The SMILES string of the molecule is CCCCOc1c2c(c(OCC)c3ccccc13)C(=O)N(c1ccc(CC=O)cc1)C2=O. The Morgan fingerprint density at radius 1 is 0.844 bits per heavy atom. The van der Waals surface area contributed by atoms with Crippen LogP contribution >= 0.6 is 0 Å². The molecule has 0 spiro atoms. The van der Waals surface area contributed by atoms with Crippen molar-refractivity contribution in [3.63, 3.8) is 0 Å². The minimum Gasteiger partial charge on any atom is -0.492 e. The minimum absolute atomic E-state index is 0.235. The maximum absolute atomic E-state index is 13.6. The van der Waals surface area contributed by atoms with Gasteiger partial charge in [0.25, 0.3) is 11.8 Å². The summed E-state index contributed by atoms with van der Waals surface area (Å²) in [4.78, 5) is 39.1. The molecular formula is C26H25NO5. The van der Waals surface area contributed by atoms with Crippen LogP contribution in [0.1, 0.15) is 53.0 Å². The molecule has 0 saturated heterocycles. The Balaban J connectivity index is 1.90. The van der Waals surface area contributed by atoms with Gasteiger partial charge in [-0.3, -0.25) is 9.59 Å². The van der Waals surface area contributed by atoms with Crippen molar-refractivity contribution in [3.05, 3.63) is 65.2 Å². The Morgan fingerprint density at radius 2 is 1.44 bits per heavy atom. The van der Waals surface area contributed by atoms with Crippen molar-refractivity contribution >= 4 is 34.6 Å². The molecule has 0 aliphatic carbocycles. The van der Waals surface area contributed by atoms with Gasteiger partial charge in [-0.2, -0.15) is 0 Å². The zero-order chi connectivity index (χ0) is 22.7. The molecule has 6 nitrogen and oxygen atoms in total. The van der Waals surface area contributed by atoms with E-state index in [4.69, 9.17) is 9.47 Å². The molecule has 3 aromatic rings. The second-order valence-corrected chi connectivity index (χ2v) is 7.57. The molecule has 0 unspecified atom stereocenters. The number of imide groups is 1. The molecule has 0 saturated carbocycles. The van der Waals surface area contributed by atoms with Crippen LogP contribution in [0.2, 0.25) is 0 Å². The van der Waals surface area contributed by atoms with E-state index in [1.165, 1.54) is 0 Å². The van der Waals surface area contributed by atoms with Gasteiger partial charge in [0.1, 0.15) is 17.8 Å². The number of nitrogens with zero attached hydrogens (tertiary/aromatic N) is 1. The predicted molar refractivity (Wildman–Crippen MR) is 123 cm³/mol. The van der Waals surface area contributed by atoms with Gasteiger partial charge in [0.05, 0.1) is 30.0 Å². The van der Waals surface area contributed by atoms with Crippen LogP contribution in [-0.4, -0.2) is 31.3 Å². The first-order valence-electron chi connectivity index (χ1n) is 10.9. The molecule has 3 aromatic carbocycles. The van der Waals surface area contributed by atoms with Gasteiger partial charge in [-0.15, -0.1) is 0 Å². The van der Waals surface area contributed by atoms with Crippen LogP contribution in [0.5, 0.6) is 11.5 Å². The number of amides is 2. The maximum atomic E-state index is 13.6. The molecule has 0 radical (unpaired) electrons. The lowest BCUT2D eigenvalue weighted by atomic mass is 9.99. The van der Waals surface area contributed by atoms with E-state index < -0.39 is 11.8 Å². The standard InChI is InChI=1S/C26H25NO5/c1-3-5-16-32-24-20-9-7-6-8-19(20)23(31-4-2)21-22(24)26(30)27(25(21)29)18-12-10-17(11-13-18)14-15-28/h6-13,15H,3-5,14,16H2,1-2H3. The number of anilines is 1. The fourth-order valence-corrected chi connectivity index (χ4v) is 3.97. The summed E-state index contributed by atoms with van der Waals surface area (Å²) in [5.41, 5.74) is 1.73. The number of rotatable bonds is 9. The second kappa shape index (κ2) is 9.22. The highest BCUT2D eigenvalue weighted by Gasteiger charge is 2.43. The van der Waals surface area contributed by atoms with E-state index in [0.29, 0.717) is 30.4 Å². The monoisotopic (exact) mass is 431 g/mol. The lowest BCUT2D eigenvalue weighted by molar-refractivity contribution is -0.107. The van der Waals surface area contributed by atoms with Crippen LogP contribution in [0.3, 0.4) is 0 Å². The molecule has 1 aliphatic heterocycles. The van der Waals surface area contributed by atoms with Crippen molar-refractivity contribution in [1.29, 1.82) is 0 Å². The summed E-state index contributed by atoms with van der Waals surface area (Å²) in [7, 11) is 0. The van der Waals surface area contributed by atoms with E-state index in [1.54, 1.807) is 24.3 Å². The molecule has 2 amide bonds. The van der Waals surface area contributed by atoms with E-state index in [0.717, 1.165) is 40.4 Å². The van der Waals surface area contributed by atoms with Gasteiger partial charge in [-0.05, 0) is 31.0 Å². The van der Waals surface area contributed by atoms with Gasteiger partial charge in [-0.1, -0.05) is 49.7 Å². The number of carbonyl (C=O) groups excluding carboxylic acids is 3. The zero-order valence-corrected chi connectivity index (χ0v) is 18.2. The lowest BCUT2D eigenvalue weighted by Crippen LogP contribution is -2.29. The molecule has 0 N–H and O–H groups in total. The highest BCUT2D eigenvalue weighted by Crippen LogP contribution is 2.46. The van der Waals surface area contributed by atoms with Gasteiger partial charge in [0.2, 0.25) is 0 Å². The van der Waals surface area contributed by atoms with Crippen molar-refractivity contribution in [3.8, 4) is 11.5 Å². The quantitative estimate of drug-likeness (QED) is 0.272. The van der Waals surface area contributed by atoms with E-state index in [2.05, 4.69) is 6.92 Å². The molecule has 4 rings (SSSR count). The Bertz CT molecular complexity index is 1180. The van der Waals surface area contributed by atoms with Gasteiger partial charge >= 0.3 is 0 Å². The molecule has 6 heteroatoms. The molecule has 0 bridgehead atoms. The molecule has 32 heavy (non-hydrogen) atoms. The topological polar surface area (TPSA) is 72.9 Å². The van der Waals surface area contributed by atoms with Crippen LogP contribution in [0.25, 0.3) is 10.8 Å². The summed E-state index contributed by atoms with van der Waals surface area (Å²) in [6.45, 7) is 4.71. The number of ether oxygens (including phenoxy) is 2. The van der Waals surface area contributed by atoms with Crippen molar-refractivity contribution in [2.24, 2.45) is 0 Å². The number of benzene rings is 3. The van der Waals surface area contributed by atoms with Gasteiger partial charge in [0.15, 0.2) is 0 Å². The number of hydrogen-bond acceptors (Lipinski definition) is 5. The molecular weight excluding hydrogens is 406 g/mol. The summed E-state index contributed by atoms with van der Waals surface area (Å²) in [5.74, 6) is -0.0562. The summed E-state index contributed by atoms with van der Waals surface area (Å²) >= 11 is 0. The Labute approximate surface area is 186 Å². The van der Waals surface area contributed by atoms with Gasteiger partial charge in [-0.25, -0.2) is 4.90 Å². The number of unbranched alkanes of at least 4 members (excludes halogenated alkanes) is 1. The fraction of sp³-hybridized carbons (Fsp3) is 0.269. The third kappa shape index (κ3) is 3.62. The number of carbonyl (C=O) groups is 3. The third-order valence-electron chi connectivity index (χ3n) is 5.50. The molecule has 0 fully saturated rings. The van der Waals surface area contributed by atoms with Crippen LogP contribution in [0, 0.1) is 0 Å². The average Bonchev–Trinajstić information content (AvgIpc) is 3.06. The highest BCUT2D eigenvalue weighted by molar-refractivity contribution is 6.38. The molecule has 0 aromatic heterocycles. The molecule has 1 aliphatic rings. The summed E-state index contributed by atoms with van der Waals surface area (Å²) in [5, 5.41) is 1.49. The maximum Gasteiger partial charge on any atom is 0.270 e. The lowest BCUT2D eigenvalue weighted by Gasteiger charge is -2.16. The van der Waals surface area contributed by atoms with E-state index >= 15 is 0 Å². The first-order chi connectivity index (χ1) is 15.6. The van der Waals surface area contributed by atoms with Crippen LogP contribution < -0.4 is 14.4 Å². The Hall–Kier alpha value is -3.67. The number of hydrogen-bond donors (Lipinski definition) is 0. The first kappa shape index (κ1) is 21.6. The average molecular weight is 431 g/mol. The van der Waals surface area contributed by atoms with E-state index in [9.17, 15) is 14.4 Å². The molecule has 1 heterocycles. The summed E-state index contributed by atoms with van der Waals surface area (Å²) < 4.78 is 12.0. The third-order valence-corrected chi connectivity index (χ3v) is 5.50. The number of aldehydes is 1. The fourth-order valence-electron chi connectivity index (χ4n) is 3.97. The van der Waals surface area contributed by atoms with Crippen LogP contribution in [0.15, 0.2) is 48.5 Å². The van der Waals surface area contributed by atoms with Crippen LogP contribution in [-0.2, 0) is 11.2 Å². The smallest absolute Gasteiger partial charge is 0.270 e. The van der Waals surface area contributed by atoms with Crippen molar-refractivity contribution in [2.75, 3.05) is 18.1 Å². The van der Waals surface area contributed by atoms with E-state index in [-0.39, 0.29) is 17.5 Å². The summed E-state index contributed by atoms with van der Waals surface area (Å²) in [6, 6.07) is 14.4. The molecule has 164 valence electrons. The second-order valence-electron chi connectivity index (χ2n) is 7.57. The minimum atomic E-state index is -0.442. The van der Waals surface area contributed by atoms with Gasteiger partial charge in [0, 0.05) is 17.2 Å². The summed E-state index contributed by atoms with van der Waals surface area (Å²) in [6.07, 6.45) is 2.87. The van der Waals surface area contributed by atoms with Crippen molar-refractivity contribution in [2.45, 2.75) is 33.1 Å². The zero-order valence-electron chi connectivity index (χ0n) is 18.2. The Kier molecular flexibility index (Phi) is 6.21. The predicted octanol–water partition coefficient (Wildman–Crippen LogP) is 4.96. The Morgan fingerprint density at radius 3 is 1.97 bits per heavy atom. The van der Waals surface area contributed by atoms with Crippen LogP contribution in [0.4, 0.5) is 5.69 Å². The van der Waals surface area contributed by atoms with Crippen molar-refractivity contribution < 1.29 is 23.9 Å². The highest BCUT2D eigenvalue weighted by atomic mass is 16.5.